The van der Waals surface area contributed by atoms with E-state index >= 15 is 0 Å². The third-order valence-electron chi connectivity index (χ3n) is 5.34. The Morgan fingerprint density at radius 1 is 1.19 bits per heavy atom. The van der Waals surface area contributed by atoms with Crippen molar-refractivity contribution in [3.63, 3.8) is 0 Å². The Hall–Kier alpha value is -2.82. The van der Waals surface area contributed by atoms with Gasteiger partial charge in [0.1, 0.15) is 10.8 Å². The predicted octanol–water partition coefficient (Wildman–Crippen LogP) is 3.68. The quantitative estimate of drug-likeness (QED) is 0.587. The van der Waals surface area contributed by atoms with Crippen LogP contribution >= 0.6 is 11.3 Å². The largest absolute Gasteiger partial charge is 0.497 e. The minimum Gasteiger partial charge on any atom is -0.497 e. The predicted molar refractivity (Wildman–Crippen MR) is 123 cm³/mol. The lowest BCUT2D eigenvalue weighted by molar-refractivity contribution is 0.102. The third-order valence-corrected chi connectivity index (χ3v) is 8.29. The van der Waals surface area contributed by atoms with E-state index < -0.39 is 10.0 Å². The first-order valence-electron chi connectivity index (χ1n) is 10.2. The zero-order valence-corrected chi connectivity index (χ0v) is 19.4. The van der Waals surface area contributed by atoms with Gasteiger partial charge in [0.2, 0.25) is 15.0 Å². The number of aromatic nitrogens is 2. The van der Waals surface area contributed by atoms with Gasteiger partial charge in [-0.25, -0.2) is 8.42 Å². The van der Waals surface area contributed by atoms with E-state index in [9.17, 15) is 13.2 Å². The molecule has 2 aromatic carbocycles. The molecule has 1 amide bonds. The number of piperidine rings is 1. The molecule has 0 radical (unpaired) electrons. The second kappa shape index (κ2) is 9.35. The number of hydrogen-bond acceptors (Lipinski definition) is 7. The second-order valence-corrected chi connectivity index (χ2v) is 10.6. The van der Waals surface area contributed by atoms with Crippen LogP contribution in [0.3, 0.4) is 0 Å². The number of nitrogens with zero attached hydrogens (tertiary/aromatic N) is 3. The van der Waals surface area contributed by atoms with Crippen LogP contribution in [0.15, 0.2) is 53.4 Å². The summed E-state index contributed by atoms with van der Waals surface area (Å²) in [5, 5.41) is 12.0. The van der Waals surface area contributed by atoms with Gasteiger partial charge in [-0.3, -0.25) is 4.79 Å². The summed E-state index contributed by atoms with van der Waals surface area (Å²) in [5.74, 6) is 0.256. The highest BCUT2D eigenvalue weighted by atomic mass is 32.2. The molecule has 1 aromatic heterocycles. The van der Waals surface area contributed by atoms with Crippen molar-refractivity contribution in [2.45, 2.75) is 30.6 Å². The fourth-order valence-electron chi connectivity index (χ4n) is 3.64. The first-order chi connectivity index (χ1) is 15.4. The van der Waals surface area contributed by atoms with Crippen molar-refractivity contribution >= 4 is 33.0 Å². The molecule has 0 aliphatic carbocycles. The van der Waals surface area contributed by atoms with Crippen LogP contribution < -0.4 is 10.1 Å². The molecule has 1 aliphatic heterocycles. The standard InChI is InChI=1S/C22H24N4O4S2/c1-15-5-3-7-19(13-15)32(28,29)26-12-4-6-16(14-26)21-24-25-22(31-21)20(27)23-17-8-10-18(30-2)11-9-17/h3,5,7-11,13,16H,4,6,12,14H2,1-2H3,(H,23,27)/t16-/m1/s1. The summed E-state index contributed by atoms with van der Waals surface area (Å²) in [6.07, 6.45) is 1.53. The van der Waals surface area contributed by atoms with Crippen LogP contribution in [-0.2, 0) is 10.0 Å². The van der Waals surface area contributed by atoms with E-state index in [1.54, 1.807) is 49.6 Å². The Labute approximate surface area is 191 Å². The van der Waals surface area contributed by atoms with Crippen LogP contribution in [0.25, 0.3) is 0 Å². The summed E-state index contributed by atoms with van der Waals surface area (Å²) in [7, 11) is -2.00. The van der Waals surface area contributed by atoms with Gasteiger partial charge in [-0.15, -0.1) is 10.2 Å². The molecule has 0 unspecified atom stereocenters. The lowest BCUT2D eigenvalue weighted by Crippen LogP contribution is -2.39. The summed E-state index contributed by atoms with van der Waals surface area (Å²) in [6.45, 7) is 2.67. The summed E-state index contributed by atoms with van der Waals surface area (Å²) in [6, 6.07) is 13.9. The highest BCUT2D eigenvalue weighted by molar-refractivity contribution is 7.89. The SMILES string of the molecule is COc1ccc(NC(=O)c2nnc([C@@H]3CCCN(S(=O)(=O)c4cccc(C)c4)C3)s2)cc1. The molecular formula is C22H24N4O4S2. The van der Waals surface area contributed by atoms with E-state index in [4.69, 9.17) is 4.74 Å². The average Bonchev–Trinajstić information content (AvgIpc) is 3.30. The minimum atomic E-state index is -3.58. The number of sulfonamides is 1. The molecule has 1 aliphatic rings. The maximum Gasteiger partial charge on any atom is 0.286 e. The van der Waals surface area contributed by atoms with Gasteiger partial charge in [0.15, 0.2) is 0 Å². The summed E-state index contributed by atoms with van der Waals surface area (Å²) in [5.41, 5.74) is 1.52. The average molecular weight is 473 g/mol. The molecule has 0 bridgehead atoms. The summed E-state index contributed by atoms with van der Waals surface area (Å²) < 4.78 is 32.8. The lowest BCUT2D eigenvalue weighted by atomic mass is 10.0. The van der Waals surface area contributed by atoms with E-state index in [-0.39, 0.29) is 16.8 Å². The van der Waals surface area contributed by atoms with E-state index in [0.29, 0.717) is 34.4 Å². The number of anilines is 1. The number of amides is 1. The number of carbonyl (C=O) groups is 1. The smallest absolute Gasteiger partial charge is 0.286 e. The molecule has 1 N–H and O–H groups in total. The van der Waals surface area contributed by atoms with Crippen molar-refractivity contribution in [1.29, 1.82) is 0 Å². The molecule has 1 saturated heterocycles. The third kappa shape index (κ3) is 4.82. The molecule has 10 heteroatoms. The van der Waals surface area contributed by atoms with Crippen molar-refractivity contribution in [1.82, 2.24) is 14.5 Å². The fourth-order valence-corrected chi connectivity index (χ4v) is 6.13. The Kier molecular flexibility index (Phi) is 6.54. The zero-order valence-electron chi connectivity index (χ0n) is 17.8. The van der Waals surface area contributed by atoms with Gasteiger partial charge in [-0.05, 0) is 61.7 Å². The van der Waals surface area contributed by atoms with Crippen LogP contribution in [-0.4, -0.2) is 49.0 Å². The van der Waals surface area contributed by atoms with Gasteiger partial charge in [-0.2, -0.15) is 4.31 Å². The van der Waals surface area contributed by atoms with E-state index in [1.807, 2.05) is 13.0 Å². The number of aryl methyl sites for hydroxylation is 1. The van der Waals surface area contributed by atoms with Crippen molar-refractivity contribution in [3.8, 4) is 5.75 Å². The van der Waals surface area contributed by atoms with Crippen LogP contribution in [0.5, 0.6) is 5.75 Å². The molecular weight excluding hydrogens is 448 g/mol. The van der Waals surface area contributed by atoms with E-state index in [2.05, 4.69) is 15.5 Å². The molecule has 8 nitrogen and oxygen atoms in total. The first kappa shape index (κ1) is 22.4. The van der Waals surface area contributed by atoms with Gasteiger partial charge in [0.05, 0.1) is 12.0 Å². The lowest BCUT2D eigenvalue weighted by Gasteiger charge is -2.30. The molecule has 32 heavy (non-hydrogen) atoms. The zero-order chi connectivity index (χ0) is 22.7. The Morgan fingerprint density at radius 3 is 2.69 bits per heavy atom. The molecule has 1 atom stereocenters. The van der Waals surface area contributed by atoms with E-state index in [0.717, 1.165) is 18.4 Å². The van der Waals surface area contributed by atoms with Crippen molar-refractivity contribution < 1.29 is 17.9 Å². The number of rotatable bonds is 6. The van der Waals surface area contributed by atoms with Gasteiger partial charge in [0, 0.05) is 24.7 Å². The van der Waals surface area contributed by atoms with Gasteiger partial charge in [-0.1, -0.05) is 23.5 Å². The summed E-state index contributed by atoms with van der Waals surface area (Å²) in [4.78, 5) is 12.9. The van der Waals surface area contributed by atoms with Gasteiger partial charge >= 0.3 is 0 Å². The fraction of sp³-hybridized carbons (Fsp3) is 0.318. The number of benzene rings is 2. The van der Waals surface area contributed by atoms with Gasteiger partial charge < -0.3 is 10.1 Å². The maximum atomic E-state index is 13.1. The van der Waals surface area contributed by atoms with Crippen molar-refractivity contribution in [2.75, 3.05) is 25.5 Å². The minimum absolute atomic E-state index is 0.0941. The molecule has 4 rings (SSSR count). The van der Waals surface area contributed by atoms with Crippen LogP contribution in [0, 0.1) is 6.92 Å². The highest BCUT2D eigenvalue weighted by Crippen LogP contribution is 2.32. The number of methoxy groups -OCH3 is 1. The Balaban J connectivity index is 1.45. The van der Waals surface area contributed by atoms with Crippen molar-refractivity contribution in [3.05, 3.63) is 64.1 Å². The monoisotopic (exact) mass is 472 g/mol. The molecule has 0 spiro atoms. The normalized spacial score (nSPS) is 17.1. The van der Waals surface area contributed by atoms with E-state index in [1.165, 1.54) is 15.6 Å². The van der Waals surface area contributed by atoms with Crippen molar-refractivity contribution in [2.24, 2.45) is 0 Å². The number of nitrogens with one attached hydrogen (secondary N) is 1. The Bertz CT molecular complexity index is 1210. The molecule has 1 fully saturated rings. The maximum absolute atomic E-state index is 13.1. The molecule has 0 saturated carbocycles. The van der Waals surface area contributed by atoms with Crippen LogP contribution in [0.1, 0.15) is 39.1 Å². The molecule has 3 aromatic rings. The topological polar surface area (TPSA) is 101 Å². The van der Waals surface area contributed by atoms with Crippen LogP contribution in [0.4, 0.5) is 5.69 Å². The second-order valence-electron chi connectivity index (χ2n) is 7.65. The molecule has 168 valence electrons. The summed E-state index contributed by atoms with van der Waals surface area (Å²) >= 11 is 1.20. The van der Waals surface area contributed by atoms with Crippen LogP contribution in [0.2, 0.25) is 0 Å². The highest BCUT2D eigenvalue weighted by Gasteiger charge is 2.32. The van der Waals surface area contributed by atoms with Gasteiger partial charge in [0.25, 0.3) is 5.91 Å². The number of ether oxygens (including phenoxy) is 1. The molecule has 2 heterocycles. The Morgan fingerprint density at radius 2 is 1.97 bits per heavy atom. The number of hydrogen-bond donors (Lipinski definition) is 1. The number of carbonyl (C=O) groups excluding carboxylic acids is 1. The first-order valence-corrected chi connectivity index (χ1v) is 12.5.